The fourth-order valence-electron chi connectivity index (χ4n) is 3.58. The third-order valence-electron chi connectivity index (χ3n) is 4.63. The molecular weight excluding hydrogens is 196 g/mol. The molecule has 2 nitrogen and oxygen atoms in total. The summed E-state index contributed by atoms with van der Waals surface area (Å²) >= 11 is 0. The smallest absolute Gasteiger partial charge is 0.00980 e. The molecule has 2 heteroatoms. The number of hydrogen-bond donors (Lipinski definition) is 1. The lowest BCUT2D eigenvalue weighted by Crippen LogP contribution is -2.50. The van der Waals surface area contributed by atoms with Gasteiger partial charge in [-0.2, -0.15) is 0 Å². The standard InChI is InChI=1S/C14H28N2/c1-12-11-13(15-2)9-10-16(12)14-7-5-3-4-6-8-14/h12-15H,3-11H2,1-2H3. The summed E-state index contributed by atoms with van der Waals surface area (Å²) < 4.78 is 0. The van der Waals surface area contributed by atoms with Crippen LogP contribution in [-0.2, 0) is 0 Å². The predicted octanol–water partition coefficient (Wildman–Crippen LogP) is 2.78. The minimum Gasteiger partial charge on any atom is -0.317 e. The molecule has 0 spiro atoms. The Bertz CT molecular complexity index is 197. The summed E-state index contributed by atoms with van der Waals surface area (Å²) in [6, 6.07) is 2.45. The molecule has 1 heterocycles. The van der Waals surface area contributed by atoms with Crippen LogP contribution in [-0.4, -0.2) is 36.6 Å². The van der Waals surface area contributed by atoms with E-state index >= 15 is 0 Å². The number of nitrogens with one attached hydrogen (secondary N) is 1. The van der Waals surface area contributed by atoms with Crippen LogP contribution in [0.3, 0.4) is 0 Å². The highest BCUT2D eigenvalue weighted by Crippen LogP contribution is 2.27. The van der Waals surface area contributed by atoms with Crippen molar-refractivity contribution >= 4 is 0 Å². The Morgan fingerprint density at radius 2 is 1.69 bits per heavy atom. The van der Waals surface area contributed by atoms with Crippen molar-refractivity contribution in [3.05, 3.63) is 0 Å². The van der Waals surface area contributed by atoms with E-state index in [4.69, 9.17) is 0 Å². The molecule has 2 rings (SSSR count). The highest BCUT2D eigenvalue weighted by atomic mass is 15.2. The topological polar surface area (TPSA) is 15.3 Å². The lowest BCUT2D eigenvalue weighted by atomic mass is 9.94. The molecule has 0 aromatic rings. The number of hydrogen-bond acceptors (Lipinski definition) is 2. The van der Waals surface area contributed by atoms with E-state index in [9.17, 15) is 0 Å². The van der Waals surface area contributed by atoms with Gasteiger partial charge in [0.1, 0.15) is 0 Å². The molecule has 2 fully saturated rings. The van der Waals surface area contributed by atoms with Crippen molar-refractivity contribution in [2.75, 3.05) is 13.6 Å². The molecule has 1 aliphatic heterocycles. The van der Waals surface area contributed by atoms with Gasteiger partial charge in [-0.3, -0.25) is 4.90 Å². The summed E-state index contributed by atoms with van der Waals surface area (Å²) in [5.74, 6) is 0. The lowest BCUT2D eigenvalue weighted by Gasteiger charge is -2.42. The second kappa shape index (κ2) is 6.02. The summed E-state index contributed by atoms with van der Waals surface area (Å²) in [5.41, 5.74) is 0. The van der Waals surface area contributed by atoms with Gasteiger partial charge in [0.05, 0.1) is 0 Å². The maximum absolute atomic E-state index is 3.44. The van der Waals surface area contributed by atoms with E-state index < -0.39 is 0 Å². The van der Waals surface area contributed by atoms with Crippen molar-refractivity contribution in [2.24, 2.45) is 0 Å². The molecule has 1 aliphatic carbocycles. The molecule has 0 radical (unpaired) electrons. The highest BCUT2D eigenvalue weighted by Gasteiger charge is 2.29. The second-order valence-corrected chi connectivity index (χ2v) is 5.74. The predicted molar refractivity (Wildman–Crippen MR) is 69.7 cm³/mol. The van der Waals surface area contributed by atoms with Gasteiger partial charge in [0, 0.05) is 24.7 Å². The number of nitrogens with zero attached hydrogens (tertiary/aromatic N) is 1. The van der Waals surface area contributed by atoms with Crippen LogP contribution < -0.4 is 5.32 Å². The minimum atomic E-state index is 0.761. The Balaban J connectivity index is 1.88. The van der Waals surface area contributed by atoms with Crippen LogP contribution in [0.25, 0.3) is 0 Å². The Hall–Kier alpha value is -0.0800. The first-order valence-electron chi connectivity index (χ1n) is 7.24. The monoisotopic (exact) mass is 224 g/mol. The maximum Gasteiger partial charge on any atom is 0.00980 e. The SMILES string of the molecule is CNC1CCN(C2CCCCCC2)C(C)C1. The first kappa shape index (κ1) is 12.4. The van der Waals surface area contributed by atoms with Crippen molar-refractivity contribution in [3.8, 4) is 0 Å². The van der Waals surface area contributed by atoms with Crippen LogP contribution >= 0.6 is 0 Å². The van der Waals surface area contributed by atoms with E-state index in [2.05, 4.69) is 24.2 Å². The molecule has 94 valence electrons. The van der Waals surface area contributed by atoms with Crippen molar-refractivity contribution in [2.45, 2.75) is 76.4 Å². The van der Waals surface area contributed by atoms with Crippen LogP contribution in [0.15, 0.2) is 0 Å². The zero-order valence-electron chi connectivity index (χ0n) is 11.0. The second-order valence-electron chi connectivity index (χ2n) is 5.74. The molecule has 16 heavy (non-hydrogen) atoms. The van der Waals surface area contributed by atoms with Crippen LogP contribution in [0, 0.1) is 0 Å². The molecular formula is C14H28N2. The summed E-state index contributed by atoms with van der Waals surface area (Å²) in [7, 11) is 2.11. The molecule has 1 saturated carbocycles. The number of piperidine rings is 1. The van der Waals surface area contributed by atoms with E-state index in [0.717, 1.165) is 18.1 Å². The van der Waals surface area contributed by atoms with Gasteiger partial charge in [0.2, 0.25) is 0 Å². The third-order valence-corrected chi connectivity index (χ3v) is 4.63. The van der Waals surface area contributed by atoms with E-state index in [1.165, 1.54) is 57.9 Å². The molecule has 0 amide bonds. The Kier molecular flexibility index (Phi) is 4.66. The zero-order valence-corrected chi connectivity index (χ0v) is 11.0. The number of likely N-dealkylation sites (tertiary alicyclic amines) is 1. The Morgan fingerprint density at radius 1 is 1.00 bits per heavy atom. The van der Waals surface area contributed by atoms with Gasteiger partial charge in [-0.1, -0.05) is 25.7 Å². The third kappa shape index (κ3) is 2.98. The van der Waals surface area contributed by atoms with Crippen molar-refractivity contribution in [1.29, 1.82) is 0 Å². The molecule has 1 N–H and O–H groups in total. The van der Waals surface area contributed by atoms with Gasteiger partial charge in [-0.25, -0.2) is 0 Å². The number of rotatable bonds is 2. The zero-order chi connectivity index (χ0) is 11.4. The van der Waals surface area contributed by atoms with Gasteiger partial charge in [0.25, 0.3) is 0 Å². The average Bonchev–Trinajstić information content (AvgIpc) is 2.57. The van der Waals surface area contributed by atoms with Crippen LogP contribution in [0.1, 0.15) is 58.3 Å². The normalized spacial score (nSPS) is 34.9. The molecule has 2 atom stereocenters. The molecule has 2 unspecified atom stereocenters. The minimum absolute atomic E-state index is 0.761. The van der Waals surface area contributed by atoms with E-state index in [-0.39, 0.29) is 0 Å². The largest absolute Gasteiger partial charge is 0.317 e. The summed E-state index contributed by atoms with van der Waals surface area (Å²) in [5, 5.41) is 3.44. The van der Waals surface area contributed by atoms with E-state index in [1.807, 2.05) is 0 Å². The van der Waals surface area contributed by atoms with Crippen LogP contribution in [0.2, 0.25) is 0 Å². The maximum atomic E-state index is 3.44. The molecule has 0 aromatic heterocycles. The lowest BCUT2D eigenvalue weighted by molar-refractivity contribution is 0.0810. The summed E-state index contributed by atoms with van der Waals surface area (Å²) in [6.07, 6.45) is 11.5. The molecule has 2 aliphatic rings. The van der Waals surface area contributed by atoms with Crippen molar-refractivity contribution < 1.29 is 0 Å². The summed E-state index contributed by atoms with van der Waals surface area (Å²) in [6.45, 7) is 3.74. The summed E-state index contributed by atoms with van der Waals surface area (Å²) in [4.78, 5) is 2.80. The molecule has 0 bridgehead atoms. The van der Waals surface area contributed by atoms with Gasteiger partial charge in [-0.15, -0.1) is 0 Å². The van der Waals surface area contributed by atoms with Crippen LogP contribution in [0.5, 0.6) is 0 Å². The Labute approximate surface area is 101 Å². The molecule has 1 saturated heterocycles. The first-order chi connectivity index (χ1) is 7.81. The average molecular weight is 224 g/mol. The van der Waals surface area contributed by atoms with Gasteiger partial charge < -0.3 is 5.32 Å². The van der Waals surface area contributed by atoms with E-state index in [0.29, 0.717) is 0 Å². The van der Waals surface area contributed by atoms with Gasteiger partial charge in [-0.05, 0) is 39.7 Å². The fourth-order valence-corrected chi connectivity index (χ4v) is 3.58. The van der Waals surface area contributed by atoms with Gasteiger partial charge >= 0.3 is 0 Å². The highest BCUT2D eigenvalue weighted by molar-refractivity contribution is 4.87. The van der Waals surface area contributed by atoms with Gasteiger partial charge in [0.15, 0.2) is 0 Å². The van der Waals surface area contributed by atoms with Crippen LogP contribution in [0.4, 0.5) is 0 Å². The van der Waals surface area contributed by atoms with Crippen molar-refractivity contribution in [1.82, 2.24) is 10.2 Å². The first-order valence-corrected chi connectivity index (χ1v) is 7.24. The van der Waals surface area contributed by atoms with E-state index in [1.54, 1.807) is 0 Å². The fraction of sp³-hybridized carbons (Fsp3) is 1.00. The van der Waals surface area contributed by atoms with Crippen molar-refractivity contribution in [3.63, 3.8) is 0 Å². The Morgan fingerprint density at radius 3 is 2.25 bits per heavy atom. The molecule has 0 aromatic carbocycles. The quantitative estimate of drug-likeness (QED) is 0.726.